The van der Waals surface area contributed by atoms with Crippen molar-refractivity contribution in [3.63, 3.8) is 0 Å². The van der Waals surface area contributed by atoms with Crippen molar-refractivity contribution < 1.29 is 0 Å². The fourth-order valence-electron chi connectivity index (χ4n) is 4.07. The second kappa shape index (κ2) is 6.78. The van der Waals surface area contributed by atoms with Crippen LogP contribution >= 0.6 is 34.8 Å². The molecule has 0 amide bonds. The highest BCUT2D eigenvalue weighted by Gasteiger charge is 2.19. The molecule has 0 spiro atoms. The predicted molar refractivity (Wildman–Crippen MR) is 133 cm³/mol. The standard InChI is InChI=1S/C24H9Cl3N6/c25-10-1-4-13-16(7-10)31-22-19(28-13)20-23(32-17-8-11(26)2-5-14(17)29-20)24-21(22)30-15-6-3-12(27)9-18(15)33-24/h1-9H. The minimum Gasteiger partial charge on any atom is -0.242 e. The molecular weight excluding hydrogens is 479 g/mol. The highest BCUT2D eigenvalue weighted by atomic mass is 35.5. The lowest BCUT2D eigenvalue weighted by Crippen LogP contribution is -1.99. The van der Waals surface area contributed by atoms with Crippen LogP contribution in [0.4, 0.5) is 0 Å². The van der Waals surface area contributed by atoms with E-state index < -0.39 is 0 Å². The van der Waals surface area contributed by atoms with E-state index in [0.717, 1.165) is 0 Å². The summed E-state index contributed by atoms with van der Waals surface area (Å²) in [5.41, 5.74) is 7.55. The summed E-state index contributed by atoms with van der Waals surface area (Å²) < 4.78 is 0. The second-order valence-electron chi connectivity index (χ2n) is 7.66. The van der Waals surface area contributed by atoms with Gasteiger partial charge in [0, 0.05) is 15.1 Å². The first-order valence-electron chi connectivity index (χ1n) is 9.96. The van der Waals surface area contributed by atoms with Crippen LogP contribution in [-0.4, -0.2) is 29.9 Å². The van der Waals surface area contributed by atoms with E-state index in [2.05, 4.69) is 0 Å². The van der Waals surface area contributed by atoms with E-state index in [0.29, 0.717) is 81.3 Å². The van der Waals surface area contributed by atoms with Crippen LogP contribution in [-0.2, 0) is 0 Å². The van der Waals surface area contributed by atoms with Crippen LogP contribution in [0.5, 0.6) is 0 Å². The molecule has 0 saturated carbocycles. The molecule has 4 aromatic carbocycles. The first-order chi connectivity index (χ1) is 16.0. The van der Waals surface area contributed by atoms with Gasteiger partial charge in [-0.3, -0.25) is 0 Å². The molecule has 0 atom stereocenters. The van der Waals surface area contributed by atoms with E-state index in [1.807, 2.05) is 18.2 Å². The molecule has 0 N–H and O–H groups in total. The Morgan fingerprint density at radius 1 is 0.333 bits per heavy atom. The maximum atomic E-state index is 6.21. The van der Waals surface area contributed by atoms with E-state index in [1.165, 1.54) is 0 Å². The lowest BCUT2D eigenvalue weighted by Gasteiger charge is -2.10. The zero-order valence-corrected chi connectivity index (χ0v) is 18.8. The quantitative estimate of drug-likeness (QED) is 0.170. The van der Waals surface area contributed by atoms with Gasteiger partial charge >= 0.3 is 0 Å². The number of hydrogen-bond donors (Lipinski definition) is 0. The fraction of sp³-hybridized carbons (Fsp3) is 0. The van der Waals surface area contributed by atoms with Crippen molar-refractivity contribution in [2.75, 3.05) is 0 Å². The Morgan fingerprint density at radius 2 is 0.576 bits per heavy atom. The highest BCUT2D eigenvalue weighted by Crippen LogP contribution is 2.34. The average molecular weight is 488 g/mol. The number of halogens is 3. The summed E-state index contributed by atoms with van der Waals surface area (Å²) in [6.07, 6.45) is 0. The topological polar surface area (TPSA) is 77.3 Å². The molecule has 33 heavy (non-hydrogen) atoms. The van der Waals surface area contributed by atoms with Crippen LogP contribution in [0.2, 0.25) is 15.1 Å². The number of benzene rings is 4. The third-order valence-electron chi connectivity index (χ3n) is 5.55. The van der Waals surface area contributed by atoms with Crippen LogP contribution in [0.15, 0.2) is 54.6 Å². The molecule has 7 aromatic rings. The van der Waals surface area contributed by atoms with E-state index in [1.54, 1.807) is 36.4 Å². The van der Waals surface area contributed by atoms with Crippen molar-refractivity contribution in [1.82, 2.24) is 29.9 Å². The smallest absolute Gasteiger partial charge is 0.120 e. The summed E-state index contributed by atoms with van der Waals surface area (Å²) in [5.74, 6) is 0. The molecule has 0 aliphatic rings. The number of nitrogens with zero attached hydrogens (tertiary/aromatic N) is 6. The third-order valence-corrected chi connectivity index (χ3v) is 6.26. The van der Waals surface area contributed by atoms with Crippen molar-refractivity contribution in [3.8, 4) is 0 Å². The molecule has 0 bridgehead atoms. The van der Waals surface area contributed by atoms with Gasteiger partial charge in [-0.2, -0.15) is 0 Å². The van der Waals surface area contributed by atoms with Gasteiger partial charge in [-0.15, -0.1) is 0 Å². The van der Waals surface area contributed by atoms with Gasteiger partial charge in [0.1, 0.15) is 33.1 Å². The molecule has 7 rings (SSSR count). The van der Waals surface area contributed by atoms with Crippen LogP contribution in [0, 0.1) is 0 Å². The SMILES string of the molecule is Clc1ccc2nc3c4nc5ccc(Cl)cc5nc4c4nc5cc(Cl)ccc5nc4c3nc2c1. The van der Waals surface area contributed by atoms with Crippen LogP contribution < -0.4 is 0 Å². The Hall–Kier alpha value is -3.45. The molecule has 9 heteroatoms. The maximum absolute atomic E-state index is 6.21. The summed E-state index contributed by atoms with van der Waals surface area (Å²) in [6, 6.07) is 16.2. The largest absolute Gasteiger partial charge is 0.242 e. The van der Waals surface area contributed by atoms with Gasteiger partial charge in [-0.25, -0.2) is 29.9 Å². The first-order valence-corrected chi connectivity index (χ1v) is 11.1. The van der Waals surface area contributed by atoms with Crippen molar-refractivity contribution in [3.05, 3.63) is 69.7 Å². The molecule has 0 aliphatic heterocycles. The van der Waals surface area contributed by atoms with Gasteiger partial charge in [0.15, 0.2) is 0 Å². The fourth-order valence-corrected chi connectivity index (χ4v) is 4.57. The maximum Gasteiger partial charge on any atom is 0.120 e. The van der Waals surface area contributed by atoms with Gasteiger partial charge in [0.25, 0.3) is 0 Å². The first kappa shape index (κ1) is 19.1. The molecule has 0 radical (unpaired) electrons. The second-order valence-corrected chi connectivity index (χ2v) is 8.97. The van der Waals surface area contributed by atoms with Gasteiger partial charge < -0.3 is 0 Å². The molecule has 0 saturated heterocycles. The molecule has 0 aliphatic carbocycles. The Balaban J connectivity index is 1.78. The van der Waals surface area contributed by atoms with Crippen LogP contribution in [0.25, 0.3) is 66.2 Å². The summed E-state index contributed by atoms with van der Waals surface area (Å²) in [7, 11) is 0. The number of rotatable bonds is 0. The Labute approximate surface area is 200 Å². The monoisotopic (exact) mass is 486 g/mol. The third kappa shape index (κ3) is 2.88. The van der Waals surface area contributed by atoms with Crippen LogP contribution in [0.1, 0.15) is 0 Å². The van der Waals surface area contributed by atoms with Gasteiger partial charge in [-0.1, -0.05) is 34.8 Å². The molecule has 0 fully saturated rings. The van der Waals surface area contributed by atoms with E-state index in [-0.39, 0.29) is 0 Å². The number of aromatic nitrogens is 6. The lowest BCUT2D eigenvalue weighted by molar-refractivity contribution is 1.34. The van der Waals surface area contributed by atoms with Gasteiger partial charge in [0.2, 0.25) is 0 Å². The minimum absolute atomic E-state index is 0.567. The minimum atomic E-state index is 0.567. The predicted octanol–water partition coefficient (Wildman–Crippen LogP) is 6.94. The molecule has 156 valence electrons. The number of hydrogen-bond acceptors (Lipinski definition) is 6. The Kier molecular flexibility index (Phi) is 3.91. The van der Waals surface area contributed by atoms with Gasteiger partial charge in [-0.05, 0) is 54.6 Å². The highest BCUT2D eigenvalue weighted by molar-refractivity contribution is 6.32. The van der Waals surface area contributed by atoms with Crippen molar-refractivity contribution in [2.24, 2.45) is 0 Å². The van der Waals surface area contributed by atoms with Crippen molar-refractivity contribution in [2.45, 2.75) is 0 Å². The van der Waals surface area contributed by atoms with E-state index >= 15 is 0 Å². The van der Waals surface area contributed by atoms with Crippen molar-refractivity contribution in [1.29, 1.82) is 0 Å². The zero-order chi connectivity index (χ0) is 22.3. The Bertz CT molecular complexity index is 1970. The summed E-state index contributed by atoms with van der Waals surface area (Å²) in [6.45, 7) is 0. The van der Waals surface area contributed by atoms with E-state index in [4.69, 9.17) is 64.7 Å². The molecule has 3 heterocycles. The Morgan fingerprint density at radius 3 is 0.848 bits per heavy atom. The summed E-state index contributed by atoms with van der Waals surface area (Å²) in [5, 5.41) is 1.73. The summed E-state index contributed by atoms with van der Waals surface area (Å²) >= 11 is 18.6. The van der Waals surface area contributed by atoms with E-state index in [9.17, 15) is 0 Å². The van der Waals surface area contributed by atoms with Crippen LogP contribution in [0.3, 0.4) is 0 Å². The molecule has 0 unspecified atom stereocenters. The lowest BCUT2D eigenvalue weighted by atomic mass is 10.1. The average Bonchev–Trinajstić information content (AvgIpc) is 2.81. The summed E-state index contributed by atoms with van der Waals surface area (Å²) in [4.78, 5) is 29.2. The zero-order valence-electron chi connectivity index (χ0n) is 16.5. The molecule has 3 aromatic heterocycles. The van der Waals surface area contributed by atoms with Crippen molar-refractivity contribution >= 4 is 101 Å². The number of fused-ring (bicyclic) bond motifs is 9. The normalized spacial score (nSPS) is 12.1. The van der Waals surface area contributed by atoms with Gasteiger partial charge in [0.05, 0.1) is 33.1 Å². The molecular formula is C24H9Cl3N6. The molecule has 6 nitrogen and oxygen atoms in total.